The molecule has 0 spiro atoms. The second-order valence-electron chi connectivity index (χ2n) is 5.78. The van der Waals surface area contributed by atoms with E-state index in [1.165, 1.54) is 11.1 Å². The first-order chi connectivity index (χ1) is 10.4. The van der Waals surface area contributed by atoms with Crippen LogP contribution in [0.15, 0.2) is 23.2 Å². The van der Waals surface area contributed by atoms with Gasteiger partial charge in [-0.25, -0.2) is 8.42 Å². The Bertz CT molecular complexity index is 637. The lowest BCUT2D eigenvalue weighted by atomic mass is 10.0. The average molecular weight is 451 g/mol. The summed E-state index contributed by atoms with van der Waals surface area (Å²) in [5, 5.41) is 3.20. The molecule has 0 aromatic heterocycles. The van der Waals surface area contributed by atoms with Crippen LogP contribution in [-0.2, 0) is 22.7 Å². The molecule has 1 saturated heterocycles. The highest BCUT2D eigenvalue weighted by atomic mass is 127. The minimum absolute atomic E-state index is 0. The molecule has 1 aromatic carbocycles. The number of hydrogen-bond acceptors (Lipinski definition) is 3. The average Bonchev–Trinajstić information content (AvgIpc) is 2.84. The van der Waals surface area contributed by atoms with Crippen molar-refractivity contribution in [3.8, 4) is 0 Å². The number of sulfone groups is 1. The lowest BCUT2D eigenvalue weighted by Gasteiger charge is -2.15. The van der Waals surface area contributed by atoms with Crippen molar-refractivity contribution in [2.75, 3.05) is 23.4 Å². The second-order valence-corrected chi connectivity index (χ2v) is 8.01. The molecule has 1 aliphatic rings. The van der Waals surface area contributed by atoms with E-state index in [1.54, 1.807) is 0 Å². The van der Waals surface area contributed by atoms with Crippen LogP contribution < -0.4 is 11.1 Å². The third kappa shape index (κ3) is 5.63. The molecule has 0 amide bonds. The van der Waals surface area contributed by atoms with Crippen LogP contribution in [0.4, 0.5) is 5.69 Å². The number of rotatable bonds is 5. The second kappa shape index (κ2) is 8.86. The number of nitrogens with zero attached hydrogens (tertiary/aromatic N) is 1. The highest BCUT2D eigenvalue weighted by Gasteiger charge is 2.27. The number of nitrogens with two attached hydrogens (primary N) is 1. The third-order valence-electron chi connectivity index (χ3n) is 4.10. The van der Waals surface area contributed by atoms with Crippen LogP contribution in [0.5, 0.6) is 0 Å². The van der Waals surface area contributed by atoms with Crippen molar-refractivity contribution in [1.29, 1.82) is 0 Å². The third-order valence-corrected chi connectivity index (χ3v) is 5.94. The quantitative estimate of drug-likeness (QED) is 0.410. The largest absolute Gasteiger partial charge is 0.370 e. The van der Waals surface area contributed by atoms with Gasteiger partial charge in [0.25, 0.3) is 0 Å². The SMILES string of the molecule is CCc1cccc(CC)c1NC(N)=NCC1CCS(=O)(=O)C1.I. The van der Waals surface area contributed by atoms with E-state index in [0.29, 0.717) is 18.9 Å². The zero-order valence-electron chi connectivity index (χ0n) is 13.7. The summed E-state index contributed by atoms with van der Waals surface area (Å²) in [6.07, 6.45) is 2.53. The molecule has 2 rings (SSSR count). The first kappa shape index (κ1) is 20.2. The fourth-order valence-electron chi connectivity index (χ4n) is 2.81. The number of anilines is 1. The Kier molecular flexibility index (Phi) is 7.79. The first-order valence-corrected chi connectivity index (χ1v) is 9.65. The van der Waals surface area contributed by atoms with E-state index < -0.39 is 9.84 Å². The van der Waals surface area contributed by atoms with Crippen LogP contribution in [0.25, 0.3) is 0 Å². The topological polar surface area (TPSA) is 84.5 Å². The molecule has 7 heteroatoms. The standard InChI is InChI=1S/C16H25N3O2S.HI/c1-3-13-6-5-7-14(4-2)15(13)19-16(17)18-10-12-8-9-22(20,21)11-12;/h5-7,12H,3-4,8-11H2,1-2H3,(H3,17,18,19);1H. The van der Waals surface area contributed by atoms with Crippen molar-refractivity contribution in [2.24, 2.45) is 16.6 Å². The number of benzene rings is 1. The summed E-state index contributed by atoms with van der Waals surface area (Å²) in [7, 11) is -2.85. The molecule has 3 N–H and O–H groups in total. The van der Waals surface area contributed by atoms with Crippen molar-refractivity contribution in [3.63, 3.8) is 0 Å². The summed E-state index contributed by atoms with van der Waals surface area (Å²) in [5.41, 5.74) is 9.44. The number of guanidine groups is 1. The van der Waals surface area contributed by atoms with Gasteiger partial charge in [0.05, 0.1) is 11.5 Å². The lowest BCUT2D eigenvalue weighted by molar-refractivity contribution is 0.591. The van der Waals surface area contributed by atoms with Gasteiger partial charge in [-0.05, 0) is 36.3 Å². The van der Waals surface area contributed by atoms with E-state index in [-0.39, 0.29) is 41.4 Å². The molecule has 1 heterocycles. The Morgan fingerprint density at radius 1 is 1.30 bits per heavy atom. The van der Waals surface area contributed by atoms with Crippen LogP contribution in [0.1, 0.15) is 31.4 Å². The molecule has 0 saturated carbocycles. The Balaban J connectivity index is 0.00000264. The van der Waals surface area contributed by atoms with Crippen molar-refractivity contribution < 1.29 is 8.42 Å². The van der Waals surface area contributed by atoms with Gasteiger partial charge in [-0.2, -0.15) is 0 Å². The molecular weight excluding hydrogens is 425 g/mol. The maximum Gasteiger partial charge on any atom is 0.193 e. The van der Waals surface area contributed by atoms with Gasteiger partial charge in [0, 0.05) is 12.2 Å². The Hall–Kier alpha value is -0.830. The van der Waals surface area contributed by atoms with Gasteiger partial charge in [-0.1, -0.05) is 32.0 Å². The van der Waals surface area contributed by atoms with Crippen molar-refractivity contribution in [3.05, 3.63) is 29.3 Å². The molecule has 23 heavy (non-hydrogen) atoms. The number of halogens is 1. The molecular formula is C16H26IN3O2S. The predicted octanol–water partition coefficient (Wildman–Crippen LogP) is 2.59. The van der Waals surface area contributed by atoms with Gasteiger partial charge in [0.1, 0.15) is 0 Å². The smallest absolute Gasteiger partial charge is 0.193 e. The summed E-state index contributed by atoms with van der Waals surface area (Å²) >= 11 is 0. The van der Waals surface area contributed by atoms with Crippen LogP contribution in [0.3, 0.4) is 0 Å². The van der Waals surface area contributed by atoms with Crippen molar-refractivity contribution in [1.82, 2.24) is 0 Å². The summed E-state index contributed by atoms with van der Waals surface area (Å²) in [4.78, 5) is 4.34. The fraction of sp³-hybridized carbons (Fsp3) is 0.562. The van der Waals surface area contributed by atoms with E-state index in [1.807, 2.05) is 0 Å². The van der Waals surface area contributed by atoms with Crippen molar-refractivity contribution >= 4 is 45.5 Å². The van der Waals surface area contributed by atoms with E-state index in [4.69, 9.17) is 5.73 Å². The minimum Gasteiger partial charge on any atom is -0.370 e. The molecule has 0 aliphatic carbocycles. The van der Waals surface area contributed by atoms with Gasteiger partial charge >= 0.3 is 0 Å². The molecule has 130 valence electrons. The van der Waals surface area contributed by atoms with Crippen LogP contribution >= 0.6 is 24.0 Å². The van der Waals surface area contributed by atoms with Gasteiger partial charge in [0.2, 0.25) is 0 Å². The molecule has 0 bridgehead atoms. The summed E-state index contributed by atoms with van der Waals surface area (Å²) in [6.45, 7) is 4.68. The number of hydrogen-bond donors (Lipinski definition) is 2. The molecule has 1 unspecified atom stereocenters. The summed E-state index contributed by atoms with van der Waals surface area (Å²) < 4.78 is 22.9. The van der Waals surface area contributed by atoms with Crippen LogP contribution in [-0.4, -0.2) is 32.4 Å². The van der Waals surface area contributed by atoms with Crippen LogP contribution in [0.2, 0.25) is 0 Å². The van der Waals surface area contributed by atoms with E-state index in [0.717, 1.165) is 18.5 Å². The lowest BCUT2D eigenvalue weighted by Crippen LogP contribution is -2.25. The normalized spacial score (nSPS) is 20.1. The maximum absolute atomic E-state index is 11.4. The summed E-state index contributed by atoms with van der Waals surface area (Å²) in [6, 6.07) is 6.22. The van der Waals surface area contributed by atoms with Gasteiger partial charge in [0.15, 0.2) is 15.8 Å². The van der Waals surface area contributed by atoms with Gasteiger partial charge in [-0.15, -0.1) is 24.0 Å². The molecule has 1 aliphatic heterocycles. The number of aliphatic imine (C=N–C) groups is 1. The Morgan fingerprint density at radius 2 is 1.91 bits per heavy atom. The number of nitrogens with one attached hydrogen (secondary N) is 1. The number of para-hydroxylation sites is 1. The highest BCUT2D eigenvalue weighted by Crippen LogP contribution is 2.22. The zero-order valence-corrected chi connectivity index (χ0v) is 16.9. The zero-order chi connectivity index (χ0) is 16.2. The van der Waals surface area contributed by atoms with Crippen LogP contribution in [0, 0.1) is 5.92 Å². The number of aryl methyl sites for hydroxylation is 2. The maximum atomic E-state index is 11.4. The highest BCUT2D eigenvalue weighted by molar-refractivity contribution is 14.0. The Labute approximate surface area is 156 Å². The minimum atomic E-state index is -2.85. The molecule has 1 atom stereocenters. The van der Waals surface area contributed by atoms with E-state index in [9.17, 15) is 8.42 Å². The molecule has 0 radical (unpaired) electrons. The molecule has 1 fully saturated rings. The van der Waals surface area contributed by atoms with E-state index in [2.05, 4.69) is 42.4 Å². The Morgan fingerprint density at radius 3 is 2.39 bits per heavy atom. The van der Waals surface area contributed by atoms with Crippen molar-refractivity contribution in [2.45, 2.75) is 33.1 Å². The van der Waals surface area contributed by atoms with Gasteiger partial charge in [-0.3, -0.25) is 4.99 Å². The molecule has 1 aromatic rings. The predicted molar refractivity (Wildman–Crippen MR) is 107 cm³/mol. The summed E-state index contributed by atoms with van der Waals surface area (Å²) in [5.74, 6) is 0.964. The molecule has 5 nitrogen and oxygen atoms in total. The monoisotopic (exact) mass is 451 g/mol. The fourth-order valence-corrected chi connectivity index (χ4v) is 4.66. The first-order valence-electron chi connectivity index (χ1n) is 7.83. The van der Waals surface area contributed by atoms with Gasteiger partial charge < -0.3 is 11.1 Å². The van der Waals surface area contributed by atoms with E-state index >= 15 is 0 Å².